The summed E-state index contributed by atoms with van der Waals surface area (Å²) in [6.07, 6.45) is 1.63. The highest BCUT2D eigenvalue weighted by atomic mass is 127. The summed E-state index contributed by atoms with van der Waals surface area (Å²) in [4.78, 5) is 12.1. The summed E-state index contributed by atoms with van der Waals surface area (Å²) < 4.78 is 33.8. The molecular formula is C21H23IN2O4S. The molecule has 0 bridgehead atoms. The van der Waals surface area contributed by atoms with E-state index in [1.54, 1.807) is 51.2 Å². The zero-order valence-electron chi connectivity index (χ0n) is 16.5. The van der Waals surface area contributed by atoms with Gasteiger partial charge >= 0.3 is 6.09 Å². The van der Waals surface area contributed by atoms with Crippen molar-refractivity contribution in [1.82, 2.24) is 9.29 Å². The molecule has 0 fully saturated rings. The van der Waals surface area contributed by atoms with Crippen LogP contribution < -0.4 is 5.32 Å². The van der Waals surface area contributed by atoms with E-state index in [2.05, 4.69) is 5.32 Å². The summed E-state index contributed by atoms with van der Waals surface area (Å²) in [7, 11) is -3.74. The number of nitrogens with one attached hydrogen (secondary N) is 1. The predicted molar refractivity (Wildman–Crippen MR) is 122 cm³/mol. The molecule has 2 aromatic carbocycles. The Balaban J connectivity index is 1.90. The van der Waals surface area contributed by atoms with E-state index in [-0.39, 0.29) is 4.90 Å². The molecule has 0 aliphatic carbocycles. The van der Waals surface area contributed by atoms with Crippen LogP contribution in [0.1, 0.15) is 26.3 Å². The number of para-hydroxylation sites is 1. The average Bonchev–Trinajstić information content (AvgIpc) is 3.00. The molecule has 0 saturated carbocycles. The van der Waals surface area contributed by atoms with Gasteiger partial charge in [0, 0.05) is 21.7 Å². The Hall–Kier alpha value is -2.07. The van der Waals surface area contributed by atoms with Crippen molar-refractivity contribution in [3.05, 3.63) is 63.9 Å². The Kier molecular flexibility index (Phi) is 6.23. The van der Waals surface area contributed by atoms with Gasteiger partial charge in [-0.2, -0.15) is 0 Å². The second kappa shape index (κ2) is 8.35. The van der Waals surface area contributed by atoms with Crippen LogP contribution in [0.25, 0.3) is 10.9 Å². The fraction of sp³-hybridized carbons (Fsp3) is 0.286. The lowest BCUT2D eigenvalue weighted by Crippen LogP contribution is -2.33. The Morgan fingerprint density at radius 2 is 1.76 bits per heavy atom. The van der Waals surface area contributed by atoms with Crippen molar-refractivity contribution < 1.29 is 17.9 Å². The molecule has 0 unspecified atom stereocenters. The van der Waals surface area contributed by atoms with Crippen LogP contribution in [0.15, 0.2) is 59.6 Å². The van der Waals surface area contributed by atoms with Gasteiger partial charge < -0.3 is 10.1 Å². The minimum atomic E-state index is -3.74. The molecule has 3 rings (SSSR count). The van der Waals surface area contributed by atoms with Crippen LogP contribution in [0.4, 0.5) is 4.79 Å². The van der Waals surface area contributed by atoms with Gasteiger partial charge in [-0.1, -0.05) is 30.3 Å². The van der Waals surface area contributed by atoms with E-state index in [1.807, 2.05) is 46.9 Å². The summed E-state index contributed by atoms with van der Waals surface area (Å²) in [5.41, 5.74) is 0.881. The molecule has 154 valence electrons. The maximum atomic E-state index is 13.3. The van der Waals surface area contributed by atoms with E-state index in [9.17, 15) is 13.2 Å². The van der Waals surface area contributed by atoms with Gasteiger partial charge in [-0.25, -0.2) is 17.2 Å². The van der Waals surface area contributed by atoms with Crippen LogP contribution in [0.2, 0.25) is 0 Å². The lowest BCUT2D eigenvalue weighted by molar-refractivity contribution is 0.0528. The van der Waals surface area contributed by atoms with E-state index >= 15 is 0 Å². The van der Waals surface area contributed by atoms with E-state index in [0.717, 1.165) is 10.9 Å². The van der Waals surface area contributed by atoms with Crippen LogP contribution in [-0.2, 0) is 21.2 Å². The average molecular weight is 526 g/mol. The van der Waals surface area contributed by atoms with Gasteiger partial charge in [0.1, 0.15) is 10.5 Å². The summed E-state index contributed by atoms with van der Waals surface area (Å²) in [5, 5.41) is 3.56. The first kappa shape index (κ1) is 21.6. The number of carbonyl (C=O) groups excluding carboxylic acids is 1. The van der Waals surface area contributed by atoms with E-state index < -0.39 is 21.7 Å². The minimum absolute atomic E-state index is 0.264. The zero-order valence-corrected chi connectivity index (χ0v) is 19.5. The number of hydrogen-bond acceptors (Lipinski definition) is 4. The summed E-state index contributed by atoms with van der Waals surface area (Å²) in [5.74, 6) is 0. The summed E-state index contributed by atoms with van der Waals surface area (Å²) in [6.45, 7) is 5.74. The number of nitrogens with zero attached hydrogens (tertiary/aromatic N) is 1. The molecule has 1 heterocycles. The Morgan fingerprint density at radius 3 is 2.45 bits per heavy atom. The van der Waals surface area contributed by atoms with Gasteiger partial charge in [0.2, 0.25) is 0 Å². The van der Waals surface area contributed by atoms with E-state index in [0.29, 0.717) is 22.1 Å². The third kappa shape index (κ3) is 4.92. The van der Waals surface area contributed by atoms with Gasteiger partial charge in [-0.05, 0) is 73.5 Å². The number of hydrogen-bond donors (Lipinski definition) is 1. The number of amides is 1. The fourth-order valence-electron chi connectivity index (χ4n) is 2.99. The largest absolute Gasteiger partial charge is 0.444 e. The molecule has 0 aliphatic heterocycles. The SMILES string of the molecule is CC(C)(C)OC(=O)NCCc1cn(S(=O)(=O)c2ccccc2I)c2ccccc12. The van der Waals surface area contributed by atoms with Crippen molar-refractivity contribution in [1.29, 1.82) is 0 Å². The van der Waals surface area contributed by atoms with Crippen LogP contribution in [0.3, 0.4) is 0 Å². The molecule has 1 aromatic heterocycles. The first-order chi connectivity index (χ1) is 13.6. The summed E-state index contributed by atoms with van der Waals surface area (Å²) >= 11 is 2.03. The predicted octanol–water partition coefficient (Wildman–Crippen LogP) is 4.55. The molecule has 1 N–H and O–H groups in total. The van der Waals surface area contributed by atoms with Gasteiger partial charge in [0.05, 0.1) is 5.52 Å². The third-order valence-electron chi connectivity index (χ3n) is 4.20. The first-order valence-corrected chi connectivity index (χ1v) is 11.7. The normalized spacial score (nSPS) is 12.1. The molecule has 0 atom stereocenters. The molecule has 0 radical (unpaired) electrons. The maximum Gasteiger partial charge on any atom is 0.407 e. The van der Waals surface area contributed by atoms with Gasteiger partial charge in [-0.3, -0.25) is 0 Å². The second-order valence-electron chi connectivity index (χ2n) is 7.58. The lowest BCUT2D eigenvalue weighted by Gasteiger charge is -2.19. The van der Waals surface area contributed by atoms with Crippen LogP contribution in [-0.4, -0.2) is 30.6 Å². The zero-order chi connectivity index (χ0) is 21.2. The number of halogens is 1. The standard InChI is InChI=1S/C21H23IN2O4S/c1-21(2,3)28-20(25)23-13-12-15-14-24(18-10-6-4-8-16(15)18)29(26,27)19-11-7-5-9-17(19)22/h4-11,14H,12-13H2,1-3H3,(H,23,25). The van der Waals surface area contributed by atoms with Gasteiger partial charge in [-0.15, -0.1) is 0 Å². The number of rotatable bonds is 5. The van der Waals surface area contributed by atoms with Gasteiger partial charge in [0.15, 0.2) is 0 Å². The quantitative estimate of drug-likeness (QED) is 0.495. The highest BCUT2D eigenvalue weighted by molar-refractivity contribution is 14.1. The topological polar surface area (TPSA) is 77.4 Å². The Morgan fingerprint density at radius 1 is 1.10 bits per heavy atom. The van der Waals surface area contributed by atoms with Crippen LogP contribution >= 0.6 is 22.6 Å². The highest BCUT2D eigenvalue weighted by Gasteiger charge is 2.23. The number of fused-ring (bicyclic) bond motifs is 1. The fourth-order valence-corrected chi connectivity index (χ4v) is 5.67. The first-order valence-electron chi connectivity index (χ1n) is 9.15. The van der Waals surface area contributed by atoms with Crippen LogP contribution in [0.5, 0.6) is 0 Å². The number of ether oxygens (including phenoxy) is 1. The van der Waals surface area contributed by atoms with Crippen molar-refractivity contribution >= 4 is 49.6 Å². The number of benzene rings is 2. The Bertz CT molecular complexity index is 1150. The smallest absolute Gasteiger partial charge is 0.407 e. The van der Waals surface area contributed by atoms with Crippen molar-refractivity contribution in [3.8, 4) is 0 Å². The molecule has 6 nitrogen and oxygen atoms in total. The number of alkyl carbamates (subject to hydrolysis) is 1. The molecule has 3 aromatic rings. The minimum Gasteiger partial charge on any atom is -0.444 e. The molecule has 8 heteroatoms. The van der Waals surface area contributed by atoms with Crippen molar-refractivity contribution in [3.63, 3.8) is 0 Å². The van der Waals surface area contributed by atoms with Crippen molar-refractivity contribution in [2.75, 3.05) is 6.54 Å². The van der Waals surface area contributed by atoms with Crippen LogP contribution in [0, 0.1) is 3.57 Å². The van der Waals surface area contributed by atoms with E-state index in [4.69, 9.17) is 4.74 Å². The second-order valence-corrected chi connectivity index (χ2v) is 10.5. The van der Waals surface area contributed by atoms with Gasteiger partial charge in [0.25, 0.3) is 10.0 Å². The van der Waals surface area contributed by atoms with Crippen molar-refractivity contribution in [2.45, 2.75) is 37.7 Å². The third-order valence-corrected chi connectivity index (χ3v) is 7.24. The lowest BCUT2D eigenvalue weighted by atomic mass is 10.1. The molecule has 0 saturated heterocycles. The Labute approximate surface area is 184 Å². The van der Waals surface area contributed by atoms with E-state index in [1.165, 1.54) is 3.97 Å². The van der Waals surface area contributed by atoms with Crippen molar-refractivity contribution in [2.24, 2.45) is 0 Å². The monoisotopic (exact) mass is 526 g/mol. The molecule has 1 amide bonds. The number of carbonyl (C=O) groups is 1. The summed E-state index contributed by atoms with van der Waals surface area (Å²) in [6, 6.07) is 14.3. The molecular weight excluding hydrogens is 503 g/mol. The molecule has 29 heavy (non-hydrogen) atoms. The number of aromatic nitrogens is 1. The molecule has 0 aliphatic rings. The highest BCUT2D eigenvalue weighted by Crippen LogP contribution is 2.28. The maximum absolute atomic E-state index is 13.3. The molecule has 0 spiro atoms.